The predicted octanol–water partition coefficient (Wildman–Crippen LogP) is 2.51. The van der Waals surface area contributed by atoms with Gasteiger partial charge in [-0.2, -0.15) is 0 Å². The van der Waals surface area contributed by atoms with Gasteiger partial charge in [-0.1, -0.05) is 26.0 Å². The van der Waals surface area contributed by atoms with Gasteiger partial charge in [0, 0.05) is 11.0 Å². The average molecular weight is 224 g/mol. The lowest BCUT2D eigenvalue weighted by molar-refractivity contribution is -0.138. The summed E-state index contributed by atoms with van der Waals surface area (Å²) in [5.74, 6) is -1.92. The summed E-state index contributed by atoms with van der Waals surface area (Å²) in [7, 11) is 0. The number of benzene rings is 1. The fraction of sp³-hybridized carbons (Fsp3) is 0.333. The van der Waals surface area contributed by atoms with Crippen LogP contribution < -0.4 is 0 Å². The first-order valence-electron chi connectivity index (χ1n) is 4.85. The van der Waals surface area contributed by atoms with Crippen LogP contribution in [-0.4, -0.2) is 16.9 Å². The van der Waals surface area contributed by atoms with Crippen molar-refractivity contribution >= 4 is 11.8 Å². The Bertz CT molecular complexity index is 424. The van der Waals surface area contributed by atoms with E-state index >= 15 is 0 Å². The van der Waals surface area contributed by atoms with Crippen LogP contribution in [0.25, 0.3) is 0 Å². The normalized spacial score (nSPS) is 11.2. The van der Waals surface area contributed by atoms with E-state index in [9.17, 15) is 14.0 Å². The van der Waals surface area contributed by atoms with E-state index in [1.54, 1.807) is 0 Å². The van der Waals surface area contributed by atoms with Gasteiger partial charge in [-0.15, -0.1) is 0 Å². The van der Waals surface area contributed by atoms with Crippen molar-refractivity contribution in [3.8, 4) is 0 Å². The summed E-state index contributed by atoms with van der Waals surface area (Å²) in [4.78, 5) is 22.5. The molecule has 0 aliphatic heterocycles. The van der Waals surface area contributed by atoms with Gasteiger partial charge in [0.05, 0.1) is 6.42 Å². The maximum Gasteiger partial charge on any atom is 0.304 e. The van der Waals surface area contributed by atoms with E-state index < -0.39 is 17.2 Å². The zero-order valence-electron chi connectivity index (χ0n) is 9.16. The van der Waals surface area contributed by atoms with Gasteiger partial charge in [-0.05, 0) is 12.1 Å². The molecule has 0 aliphatic rings. The lowest BCUT2D eigenvalue weighted by Crippen LogP contribution is -2.27. The zero-order valence-corrected chi connectivity index (χ0v) is 9.16. The number of rotatable bonds is 4. The summed E-state index contributed by atoms with van der Waals surface area (Å²) in [6.07, 6.45) is -0.275. The van der Waals surface area contributed by atoms with Gasteiger partial charge < -0.3 is 5.11 Å². The van der Waals surface area contributed by atoms with Gasteiger partial charge in [0.25, 0.3) is 0 Å². The number of carbonyl (C=O) groups excluding carboxylic acids is 1. The lowest BCUT2D eigenvalue weighted by atomic mass is 9.81. The molecule has 3 nitrogen and oxygen atoms in total. The molecular weight excluding hydrogens is 211 g/mol. The Morgan fingerprint density at radius 1 is 1.38 bits per heavy atom. The monoisotopic (exact) mass is 224 g/mol. The molecule has 0 fully saturated rings. The van der Waals surface area contributed by atoms with E-state index in [0.29, 0.717) is 0 Å². The molecule has 0 atom stereocenters. The van der Waals surface area contributed by atoms with E-state index in [1.165, 1.54) is 32.0 Å². The second-order valence-corrected chi connectivity index (χ2v) is 4.29. The van der Waals surface area contributed by atoms with E-state index in [4.69, 9.17) is 5.11 Å². The molecule has 1 N–H and O–H groups in total. The van der Waals surface area contributed by atoms with Crippen molar-refractivity contribution in [3.05, 3.63) is 35.6 Å². The minimum Gasteiger partial charge on any atom is -0.481 e. The highest BCUT2D eigenvalue weighted by atomic mass is 19.1. The van der Waals surface area contributed by atoms with Crippen molar-refractivity contribution in [1.29, 1.82) is 0 Å². The van der Waals surface area contributed by atoms with Crippen molar-refractivity contribution in [1.82, 2.24) is 0 Å². The average Bonchev–Trinajstić information content (AvgIpc) is 2.14. The van der Waals surface area contributed by atoms with Crippen molar-refractivity contribution < 1.29 is 19.1 Å². The third kappa shape index (κ3) is 2.89. The molecular formula is C12H13FO3. The maximum absolute atomic E-state index is 12.9. The van der Waals surface area contributed by atoms with Crippen LogP contribution in [-0.2, 0) is 4.79 Å². The summed E-state index contributed by atoms with van der Waals surface area (Å²) in [5.41, 5.74) is -0.828. The summed E-state index contributed by atoms with van der Waals surface area (Å²) >= 11 is 0. The van der Waals surface area contributed by atoms with Crippen molar-refractivity contribution in [2.75, 3.05) is 0 Å². The molecule has 0 aliphatic carbocycles. The third-order valence-electron chi connectivity index (χ3n) is 2.29. The lowest BCUT2D eigenvalue weighted by Gasteiger charge is -2.20. The molecule has 0 bridgehead atoms. The fourth-order valence-corrected chi connectivity index (χ4v) is 1.48. The van der Waals surface area contributed by atoms with Gasteiger partial charge in [-0.25, -0.2) is 4.39 Å². The second-order valence-electron chi connectivity index (χ2n) is 4.29. The number of ketones is 1. The number of carboxylic acids is 1. The molecule has 0 amide bonds. The van der Waals surface area contributed by atoms with E-state index in [1.807, 2.05) is 0 Å². The minimum atomic E-state index is -1.05. The first-order chi connectivity index (χ1) is 7.33. The summed E-state index contributed by atoms with van der Waals surface area (Å²) in [6, 6.07) is 5.27. The Kier molecular flexibility index (Phi) is 3.42. The molecule has 0 saturated heterocycles. The number of halogens is 1. The number of carbonyl (C=O) groups is 2. The molecule has 16 heavy (non-hydrogen) atoms. The van der Waals surface area contributed by atoms with Crippen LogP contribution in [0.1, 0.15) is 30.6 Å². The smallest absolute Gasteiger partial charge is 0.304 e. The molecule has 0 heterocycles. The highest BCUT2D eigenvalue weighted by molar-refractivity contribution is 6.01. The first kappa shape index (κ1) is 12.4. The van der Waals surface area contributed by atoms with Crippen LogP contribution in [0, 0.1) is 11.2 Å². The van der Waals surface area contributed by atoms with Gasteiger partial charge in [0.2, 0.25) is 0 Å². The molecule has 0 saturated carbocycles. The van der Waals surface area contributed by atoms with Crippen LogP contribution in [0.3, 0.4) is 0 Å². The predicted molar refractivity (Wildman–Crippen MR) is 56.8 cm³/mol. The molecule has 0 aromatic heterocycles. The topological polar surface area (TPSA) is 54.4 Å². The molecule has 0 unspecified atom stereocenters. The fourth-order valence-electron chi connectivity index (χ4n) is 1.48. The Labute approximate surface area is 92.9 Å². The van der Waals surface area contributed by atoms with Crippen LogP contribution in [0.5, 0.6) is 0 Å². The van der Waals surface area contributed by atoms with E-state index in [0.717, 1.165) is 6.07 Å². The van der Waals surface area contributed by atoms with Gasteiger partial charge >= 0.3 is 5.97 Å². The Morgan fingerprint density at radius 2 is 2.00 bits per heavy atom. The SMILES string of the molecule is CC(C)(CC(=O)O)C(=O)c1cccc(F)c1. The Hall–Kier alpha value is -1.71. The summed E-state index contributed by atoms with van der Waals surface area (Å²) < 4.78 is 12.9. The van der Waals surface area contributed by atoms with Crippen LogP contribution in [0.2, 0.25) is 0 Å². The van der Waals surface area contributed by atoms with Crippen LogP contribution in [0.4, 0.5) is 4.39 Å². The quantitative estimate of drug-likeness (QED) is 0.799. The molecule has 0 radical (unpaired) electrons. The van der Waals surface area contributed by atoms with Crippen LogP contribution >= 0.6 is 0 Å². The maximum atomic E-state index is 12.9. The number of aliphatic carboxylic acids is 1. The minimum absolute atomic E-state index is 0.200. The second kappa shape index (κ2) is 4.43. The third-order valence-corrected chi connectivity index (χ3v) is 2.29. The van der Waals surface area contributed by atoms with Gasteiger partial charge in [0.1, 0.15) is 5.82 Å². The number of Topliss-reactive ketones (excluding diaryl/α,β-unsaturated/α-hetero) is 1. The highest BCUT2D eigenvalue weighted by Gasteiger charge is 2.31. The molecule has 1 rings (SSSR count). The Morgan fingerprint density at radius 3 is 2.50 bits per heavy atom. The standard InChI is InChI=1S/C12H13FO3/c1-12(2,7-10(14)15)11(16)8-4-3-5-9(13)6-8/h3-6H,7H2,1-2H3,(H,14,15). The van der Waals surface area contributed by atoms with E-state index in [2.05, 4.69) is 0 Å². The Balaban J connectivity index is 2.97. The molecule has 0 spiro atoms. The number of carboxylic acid groups (broad SMARTS) is 1. The van der Waals surface area contributed by atoms with Crippen molar-refractivity contribution in [2.45, 2.75) is 20.3 Å². The zero-order chi connectivity index (χ0) is 12.3. The highest BCUT2D eigenvalue weighted by Crippen LogP contribution is 2.26. The number of hydrogen-bond acceptors (Lipinski definition) is 2. The largest absolute Gasteiger partial charge is 0.481 e. The molecule has 86 valence electrons. The summed E-state index contributed by atoms with van der Waals surface area (Å²) in [6.45, 7) is 3.07. The molecule has 4 heteroatoms. The van der Waals surface area contributed by atoms with Gasteiger partial charge in [0.15, 0.2) is 5.78 Å². The summed E-state index contributed by atoms with van der Waals surface area (Å²) in [5, 5.41) is 8.67. The van der Waals surface area contributed by atoms with Crippen molar-refractivity contribution in [2.24, 2.45) is 5.41 Å². The molecule has 1 aromatic carbocycles. The van der Waals surface area contributed by atoms with Gasteiger partial charge in [-0.3, -0.25) is 9.59 Å². The first-order valence-corrected chi connectivity index (χ1v) is 4.85. The molecule has 1 aromatic rings. The number of hydrogen-bond donors (Lipinski definition) is 1. The van der Waals surface area contributed by atoms with Crippen molar-refractivity contribution in [3.63, 3.8) is 0 Å². The van der Waals surface area contributed by atoms with Crippen LogP contribution in [0.15, 0.2) is 24.3 Å². The van der Waals surface area contributed by atoms with E-state index in [-0.39, 0.29) is 17.8 Å².